The van der Waals surface area contributed by atoms with Crippen molar-refractivity contribution in [3.63, 3.8) is 0 Å². The molecule has 3 aromatic rings. The first-order chi connectivity index (χ1) is 12.1. The van der Waals surface area contributed by atoms with Crippen LogP contribution in [0.4, 0.5) is 11.6 Å². The summed E-state index contributed by atoms with van der Waals surface area (Å²) >= 11 is 6.20. The molecule has 8 heteroatoms. The van der Waals surface area contributed by atoms with Gasteiger partial charge in [0.05, 0.1) is 40.4 Å². The normalized spacial score (nSPS) is 13.6. The topological polar surface area (TPSA) is 92.9 Å². The average molecular weight is 356 g/mol. The van der Waals surface area contributed by atoms with Gasteiger partial charge in [-0.15, -0.1) is 0 Å². The molecule has 2 heterocycles. The monoisotopic (exact) mass is 355 g/mol. The lowest BCUT2D eigenvalue weighted by Crippen LogP contribution is -2.00. The number of hydrogen-bond donors (Lipinski definition) is 2. The van der Waals surface area contributed by atoms with E-state index >= 15 is 0 Å². The van der Waals surface area contributed by atoms with Crippen LogP contribution in [-0.4, -0.2) is 30.8 Å². The molecule has 0 aliphatic heterocycles. The van der Waals surface area contributed by atoms with Crippen molar-refractivity contribution in [1.82, 2.24) is 19.7 Å². The highest BCUT2D eigenvalue weighted by atomic mass is 35.5. The Bertz CT molecular complexity index is 952. The molecule has 1 aromatic carbocycles. The van der Waals surface area contributed by atoms with Crippen molar-refractivity contribution >= 4 is 29.2 Å². The van der Waals surface area contributed by atoms with Crippen LogP contribution in [-0.2, 0) is 0 Å². The summed E-state index contributed by atoms with van der Waals surface area (Å²) in [7, 11) is 0. The van der Waals surface area contributed by atoms with Gasteiger partial charge in [-0.1, -0.05) is 23.7 Å². The Morgan fingerprint density at radius 1 is 1.32 bits per heavy atom. The minimum absolute atomic E-state index is 0.174. The van der Waals surface area contributed by atoms with Crippen molar-refractivity contribution in [1.29, 1.82) is 0 Å². The van der Waals surface area contributed by atoms with Gasteiger partial charge in [-0.3, -0.25) is 4.68 Å². The number of carbonyl (C=O) groups is 1. The van der Waals surface area contributed by atoms with Crippen molar-refractivity contribution in [2.45, 2.75) is 18.9 Å². The molecular weight excluding hydrogens is 342 g/mol. The van der Waals surface area contributed by atoms with E-state index in [1.54, 1.807) is 18.3 Å². The zero-order chi connectivity index (χ0) is 17.4. The maximum Gasteiger partial charge on any atom is 0.335 e. The van der Waals surface area contributed by atoms with Crippen molar-refractivity contribution in [2.75, 3.05) is 5.32 Å². The van der Waals surface area contributed by atoms with E-state index in [-0.39, 0.29) is 5.56 Å². The van der Waals surface area contributed by atoms with Crippen molar-refractivity contribution in [3.05, 3.63) is 53.4 Å². The lowest BCUT2D eigenvalue weighted by atomic mass is 10.1. The molecule has 4 rings (SSSR count). The van der Waals surface area contributed by atoms with Gasteiger partial charge in [0.2, 0.25) is 5.95 Å². The van der Waals surface area contributed by atoms with Gasteiger partial charge in [-0.2, -0.15) is 5.10 Å². The number of carboxylic acids is 1. The first kappa shape index (κ1) is 15.6. The van der Waals surface area contributed by atoms with Crippen LogP contribution in [0.1, 0.15) is 29.2 Å². The number of hydrogen-bond acceptors (Lipinski definition) is 5. The van der Waals surface area contributed by atoms with E-state index in [4.69, 9.17) is 16.7 Å². The zero-order valence-corrected chi connectivity index (χ0v) is 13.8. The van der Waals surface area contributed by atoms with Crippen LogP contribution >= 0.6 is 11.6 Å². The summed E-state index contributed by atoms with van der Waals surface area (Å²) in [5, 5.41) is 16.9. The molecule has 0 amide bonds. The number of carboxylic acid groups (broad SMARTS) is 1. The lowest BCUT2D eigenvalue weighted by molar-refractivity contribution is 0.0697. The smallest absolute Gasteiger partial charge is 0.335 e. The fourth-order valence-corrected chi connectivity index (χ4v) is 2.70. The van der Waals surface area contributed by atoms with Crippen LogP contribution in [0, 0.1) is 0 Å². The van der Waals surface area contributed by atoms with E-state index in [9.17, 15) is 4.79 Å². The highest BCUT2D eigenvalue weighted by Gasteiger charge is 2.24. The van der Waals surface area contributed by atoms with Gasteiger partial charge in [0, 0.05) is 11.8 Å². The van der Waals surface area contributed by atoms with Gasteiger partial charge in [-0.25, -0.2) is 14.8 Å². The molecule has 1 fully saturated rings. The molecule has 1 aliphatic rings. The van der Waals surface area contributed by atoms with Crippen LogP contribution in [0.2, 0.25) is 5.02 Å². The molecule has 0 saturated heterocycles. The molecular formula is C17H14ClN5O2. The minimum atomic E-state index is -1.00. The minimum Gasteiger partial charge on any atom is -0.478 e. The van der Waals surface area contributed by atoms with Crippen molar-refractivity contribution in [3.8, 4) is 11.3 Å². The zero-order valence-electron chi connectivity index (χ0n) is 13.1. The van der Waals surface area contributed by atoms with E-state index in [0.717, 1.165) is 18.5 Å². The maximum absolute atomic E-state index is 11.2. The number of rotatable bonds is 5. The van der Waals surface area contributed by atoms with Gasteiger partial charge < -0.3 is 10.4 Å². The third-order valence-corrected chi connectivity index (χ3v) is 4.18. The summed E-state index contributed by atoms with van der Waals surface area (Å²) in [5.74, 6) is -0.631. The van der Waals surface area contributed by atoms with Gasteiger partial charge in [0.1, 0.15) is 0 Å². The fourth-order valence-electron chi connectivity index (χ4n) is 2.50. The van der Waals surface area contributed by atoms with E-state index in [1.165, 1.54) is 18.3 Å². The standard InChI is InChI=1S/C17H14ClN5O2/c18-14-8-19-17(21-12-7-20-23(9-12)13-4-5-13)22-15(14)10-2-1-3-11(6-10)16(24)25/h1-3,6-9,13H,4-5H2,(H,24,25)(H,19,21,22). The molecule has 126 valence electrons. The van der Waals surface area contributed by atoms with E-state index < -0.39 is 5.97 Å². The first-order valence-corrected chi connectivity index (χ1v) is 8.15. The SMILES string of the molecule is O=C(O)c1cccc(-c2nc(Nc3cnn(C4CC4)c3)ncc2Cl)c1. The molecule has 1 aliphatic carbocycles. The summed E-state index contributed by atoms with van der Waals surface area (Å²) in [5.41, 5.74) is 2.05. The van der Waals surface area contributed by atoms with Crippen LogP contribution in [0.25, 0.3) is 11.3 Å². The van der Waals surface area contributed by atoms with Crippen molar-refractivity contribution < 1.29 is 9.90 Å². The van der Waals surface area contributed by atoms with Gasteiger partial charge in [0.25, 0.3) is 0 Å². The van der Waals surface area contributed by atoms with E-state index in [0.29, 0.717) is 28.3 Å². The number of nitrogens with zero attached hydrogens (tertiary/aromatic N) is 4. The molecule has 2 N–H and O–H groups in total. The Morgan fingerprint density at radius 3 is 2.92 bits per heavy atom. The van der Waals surface area contributed by atoms with E-state index in [2.05, 4.69) is 20.4 Å². The second kappa shape index (κ2) is 6.18. The number of halogens is 1. The third-order valence-electron chi connectivity index (χ3n) is 3.91. The number of aromatic carboxylic acids is 1. The Hall–Kier alpha value is -2.93. The predicted octanol–water partition coefficient (Wildman–Crippen LogP) is 3.77. The number of anilines is 2. The third kappa shape index (κ3) is 3.32. The van der Waals surface area contributed by atoms with Crippen molar-refractivity contribution in [2.24, 2.45) is 0 Å². The molecule has 0 bridgehead atoms. The van der Waals surface area contributed by atoms with Gasteiger partial charge in [-0.05, 0) is 25.0 Å². The second-order valence-electron chi connectivity index (χ2n) is 5.84. The molecule has 7 nitrogen and oxygen atoms in total. The van der Waals surface area contributed by atoms with Crippen LogP contribution in [0.5, 0.6) is 0 Å². The molecule has 0 unspecified atom stereocenters. The maximum atomic E-state index is 11.2. The Balaban J connectivity index is 1.63. The summed E-state index contributed by atoms with van der Waals surface area (Å²) < 4.78 is 1.93. The predicted molar refractivity (Wildman–Crippen MR) is 93.2 cm³/mol. The molecule has 2 aromatic heterocycles. The molecule has 1 saturated carbocycles. The number of benzene rings is 1. The summed E-state index contributed by atoms with van der Waals surface area (Å²) in [6.07, 6.45) is 7.44. The summed E-state index contributed by atoms with van der Waals surface area (Å²) in [6.45, 7) is 0. The molecule has 0 spiro atoms. The highest BCUT2D eigenvalue weighted by Crippen LogP contribution is 2.35. The second-order valence-corrected chi connectivity index (χ2v) is 6.25. The Morgan fingerprint density at radius 2 is 2.16 bits per heavy atom. The van der Waals surface area contributed by atoms with Crippen LogP contribution in [0.15, 0.2) is 42.9 Å². The largest absolute Gasteiger partial charge is 0.478 e. The van der Waals surface area contributed by atoms with E-state index in [1.807, 2.05) is 10.9 Å². The van der Waals surface area contributed by atoms with Crippen LogP contribution < -0.4 is 5.32 Å². The Labute approximate surface area is 148 Å². The quantitative estimate of drug-likeness (QED) is 0.723. The molecule has 0 radical (unpaired) electrons. The summed E-state index contributed by atoms with van der Waals surface area (Å²) in [6, 6.07) is 6.97. The molecule has 0 atom stereocenters. The first-order valence-electron chi connectivity index (χ1n) is 7.77. The lowest BCUT2D eigenvalue weighted by Gasteiger charge is -2.07. The van der Waals surface area contributed by atoms with Crippen LogP contribution in [0.3, 0.4) is 0 Å². The van der Waals surface area contributed by atoms with Gasteiger partial charge >= 0.3 is 5.97 Å². The summed E-state index contributed by atoms with van der Waals surface area (Å²) in [4.78, 5) is 19.8. The van der Waals surface area contributed by atoms with Gasteiger partial charge in [0.15, 0.2) is 0 Å². The number of nitrogens with one attached hydrogen (secondary N) is 1. The Kier molecular flexibility index (Phi) is 3.85. The highest BCUT2D eigenvalue weighted by molar-refractivity contribution is 6.32. The number of aromatic nitrogens is 4. The average Bonchev–Trinajstić information content (AvgIpc) is 3.36. The molecule has 25 heavy (non-hydrogen) atoms. The fraction of sp³-hybridized carbons (Fsp3) is 0.176.